The molecule has 2 aliphatic rings. The van der Waals surface area contributed by atoms with Crippen LogP contribution in [0.15, 0.2) is 80.6 Å². The summed E-state index contributed by atoms with van der Waals surface area (Å²) in [6.07, 6.45) is 7.83. The average Bonchev–Trinajstić information content (AvgIpc) is 3.58. The number of benzene rings is 1. The van der Waals surface area contributed by atoms with E-state index in [-0.39, 0.29) is 16.5 Å². The molecular weight excluding hydrogens is 444 g/mol. The summed E-state index contributed by atoms with van der Waals surface area (Å²) < 4.78 is 16.4. The number of carbonyl (C=O) groups is 2. The molecule has 0 spiro atoms. The highest BCUT2D eigenvalue weighted by molar-refractivity contribution is 6.33. The molecule has 1 amide bonds. The fourth-order valence-electron chi connectivity index (χ4n) is 4.39. The Labute approximate surface area is 195 Å². The number of furan rings is 2. The van der Waals surface area contributed by atoms with Gasteiger partial charge in [-0.25, -0.2) is 9.80 Å². The van der Waals surface area contributed by atoms with Gasteiger partial charge in [0, 0.05) is 5.92 Å². The van der Waals surface area contributed by atoms with E-state index in [9.17, 15) is 9.59 Å². The van der Waals surface area contributed by atoms with Crippen molar-refractivity contribution in [2.75, 3.05) is 6.61 Å². The van der Waals surface area contributed by atoms with Gasteiger partial charge in [-0.2, -0.15) is 5.10 Å². The topological polar surface area (TPSA) is 85.3 Å². The summed E-state index contributed by atoms with van der Waals surface area (Å²) in [6.45, 7) is -0.456. The van der Waals surface area contributed by atoms with Crippen molar-refractivity contribution in [3.05, 3.63) is 88.7 Å². The number of fused-ring (bicyclic) bond motifs is 1. The lowest BCUT2D eigenvalue weighted by molar-refractivity contribution is -0.137. The number of carbonyl (C=O) groups excluding carboxylic acids is 2. The number of allylic oxidation sites excluding steroid dienone is 1. The second kappa shape index (κ2) is 9.11. The SMILES string of the molecule is O=C(OCC(=O)N1N=C2/C(=C/c3ccco3)CCCC2C1c1ccco1)c1ccccc1Cl. The highest BCUT2D eigenvalue weighted by Crippen LogP contribution is 2.44. The minimum absolute atomic E-state index is 0.0191. The van der Waals surface area contributed by atoms with Crippen LogP contribution in [0.1, 0.15) is 47.2 Å². The van der Waals surface area contributed by atoms with E-state index >= 15 is 0 Å². The average molecular weight is 465 g/mol. The molecule has 33 heavy (non-hydrogen) atoms. The lowest BCUT2D eigenvalue weighted by atomic mass is 9.79. The molecule has 1 aliphatic carbocycles. The summed E-state index contributed by atoms with van der Waals surface area (Å²) in [5, 5.41) is 6.35. The van der Waals surface area contributed by atoms with Crippen molar-refractivity contribution in [1.82, 2.24) is 5.01 Å². The van der Waals surface area contributed by atoms with Crippen LogP contribution in [0.25, 0.3) is 6.08 Å². The Morgan fingerprint density at radius 1 is 1.12 bits per heavy atom. The molecule has 1 fully saturated rings. The van der Waals surface area contributed by atoms with E-state index in [2.05, 4.69) is 0 Å². The van der Waals surface area contributed by atoms with Crippen molar-refractivity contribution in [3.8, 4) is 0 Å². The molecule has 1 aliphatic heterocycles. The number of nitrogens with zero attached hydrogens (tertiary/aromatic N) is 2. The molecule has 3 heterocycles. The van der Waals surface area contributed by atoms with Gasteiger partial charge in [0.1, 0.15) is 17.6 Å². The van der Waals surface area contributed by atoms with Gasteiger partial charge in [0.15, 0.2) is 6.61 Å². The third kappa shape index (κ3) is 4.24. The number of amides is 1. The Bertz CT molecular complexity index is 1210. The first-order valence-corrected chi connectivity index (χ1v) is 11.1. The predicted octanol–water partition coefficient (Wildman–Crippen LogP) is 5.51. The highest BCUT2D eigenvalue weighted by Gasteiger charge is 2.45. The molecule has 0 bridgehead atoms. The molecule has 0 radical (unpaired) electrons. The lowest BCUT2D eigenvalue weighted by Gasteiger charge is -2.27. The van der Waals surface area contributed by atoms with Crippen molar-refractivity contribution in [3.63, 3.8) is 0 Å². The monoisotopic (exact) mass is 464 g/mol. The largest absolute Gasteiger partial charge is 0.467 e. The zero-order valence-electron chi connectivity index (χ0n) is 17.6. The Morgan fingerprint density at radius 3 is 2.70 bits per heavy atom. The molecule has 3 aromatic rings. The van der Waals surface area contributed by atoms with Gasteiger partial charge >= 0.3 is 5.97 Å². The van der Waals surface area contributed by atoms with E-state index in [1.807, 2.05) is 24.3 Å². The highest BCUT2D eigenvalue weighted by atomic mass is 35.5. The molecule has 1 aromatic carbocycles. The third-order valence-electron chi connectivity index (χ3n) is 5.87. The Hall–Kier alpha value is -3.58. The Kier molecular flexibility index (Phi) is 5.88. The first-order chi connectivity index (χ1) is 16.1. The van der Waals surface area contributed by atoms with Gasteiger partial charge in [-0.15, -0.1) is 0 Å². The quantitative estimate of drug-likeness (QED) is 0.465. The van der Waals surface area contributed by atoms with Crippen LogP contribution in [0, 0.1) is 5.92 Å². The van der Waals surface area contributed by atoms with Gasteiger partial charge in [0.05, 0.1) is 28.8 Å². The molecule has 0 saturated heterocycles. The molecule has 5 rings (SSSR count). The summed E-state index contributed by atoms with van der Waals surface area (Å²) in [7, 11) is 0. The number of hydrazone groups is 1. The van der Waals surface area contributed by atoms with Gasteiger partial charge in [-0.1, -0.05) is 23.7 Å². The first kappa shape index (κ1) is 21.3. The zero-order chi connectivity index (χ0) is 22.8. The van der Waals surface area contributed by atoms with E-state index in [1.54, 1.807) is 42.9 Å². The van der Waals surface area contributed by atoms with E-state index in [0.29, 0.717) is 5.76 Å². The summed E-state index contributed by atoms with van der Waals surface area (Å²) >= 11 is 6.06. The van der Waals surface area contributed by atoms with E-state index in [1.165, 1.54) is 5.01 Å². The standard InChI is InChI=1S/C25H21ClN2O5/c26-20-10-2-1-8-18(20)25(30)33-15-22(29)28-24(21-11-5-13-32-21)19-9-3-6-16(23(19)27-28)14-17-7-4-12-31-17/h1-2,4-5,7-8,10-14,19,24H,3,6,9,15H2/b16-14+. The molecule has 2 aromatic heterocycles. The van der Waals surface area contributed by atoms with Gasteiger partial charge in [-0.3, -0.25) is 4.79 Å². The van der Waals surface area contributed by atoms with Crippen LogP contribution in [0.3, 0.4) is 0 Å². The summed E-state index contributed by atoms with van der Waals surface area (Å²) in [6, 6.07) is 13.5. The first-order valence-electron chi connectivity index (χ1n) is 10.7. The molecule has 0 N–H and O–H groups in total. The number of rotatable bonds is 5. The van der Waals surface area contributed by atoms with Crippen molar-refractivity contribution < 1.29 is 23.2 Å². The van der Waals surface area contributed by atoms with Crippen LogP contribution in [0.2, 0.25) is 5.02 Å². The molecular formula is C25H21ClN2O5. The lowest BCUT2D eigenvalue weighted by Crippen LogP contribution is -2.34. The van der Waals surface area contributed by atoms with E-state index in [4.69, 9.17) is 30.3 Å². The molecule has 168 valence electrons. The van der Waals surface area contributed by atoms with Crippen molar-refractivity contribution in [1.29, 1.82) is 0 Å². The van der Waals surface area contributed by atoms with Crippen molar-refractivity contribution in [2.45, 2.75) is 25.3 Å². The third-order valence-corrected chi connectivity index (χ3v) is 6.20. The van der Waals surface area contributed by atoms with Gasteiger partial charge in [0.25, 0.3) is 5.91 Å². The van der Waals surface area contributed by atoms with Crippen LogP contribution < -0.4 is 0 Å². The number of hydrogen-bond donors (Lipinski definition) is 0. The number of esters is 1. The maximum Gasteiger partial charge on any atom is 0.340 e. The molecule has 2 atom stereocenters. The fraction of sp³-hybridized carbons (Fsp3) is 0.240. The van der Waals surface area contributed by atoms with Crippen molar-refractivity contribution >= 4 is 35.3 Å². The Morgan fingerprint density at radius 2 is 1.94 bits per heavy atom. The maximum atomic E-state index is 13.2. The van der Waals surface area contributed by atoms with Crippen molar-refractivity contribution in [2.24, 2.45) is 11.0 Å². The summed E-state index contributed by atoms with van der Waals surface area (Å²) in [4.78, 5) is 25.6. The van der Waals surface area contributed by atoms with Crippen LogP contribution in [0.4, 0.5) is 0 Å². The molecule has 1 saturated carbocycles. The summed E-state index contributed by atoms with van der Waals surface area (Å²) in [5.41, 5.74) is 2.07. The van der Waals surface area contributed by atoms with Crippen LogP contribution in [0.5, 0.6) is 0 Å². The van der Waals surface area contributed by atoms with Crippen LogP contribution in [-0.4, -0.2) is 29.2 Å². The van der Waals surface area contributed by atoms with Gasteiger partial charge in [-0.05, 0) is 67.3 Å². The Balaban J connectivity index is 1.40. The smallest absolute Gasteiger partial charge is 0.340 e. The normalized spacial score (nSPS) is 21.1. The zero-order valence-corrected chi connectivity index (χ0v) is 18.4. The van der Waals surface area contributed by atoms with Gasteiger partial charge < -0.3 is 13.6 Å². The number of ether oxygens (including phenoxy) is 1. The van der Waals surface area contributed by atoms with Crippen LogP contribution in [-0.2, 0) is 9.53 Å². The van der Waals surface area contributed by atoms with Gasteiger partial charge in [0.2, 0.25) is 0 Å². The second-order valence-corrected chi connectivity index (χ2v) is 8.33. The minimum Gasteiger partial charge on any atom is -0.467 e. The minimum atomic E-state index is -0.661. The fourth-order valence-corrected chi connectivity index (χ4v) is 4.60. The maximum absolute atomic E-state index is 13.2. The molecule has 2 unspecified atom stereocenters. The summed E-state index contributed by atoms with van der Waals surface area (Å²) in [5.74, 6) is 0.265. The molecule has 7 nitrogen and oxygen atoms in total. The van der Waals surface area contributed by atoms with Crippen LogP contribution >= 0.6 is 11.6 Å². The number of hydrogen-bond acceptors (Lipinski definition) is 6. The van der Waals surface area contributed by atoms with E-state index in [0.717, 1.165) is 36.3 Å². The number of halogens is 1. The van der Waals surface area contributed by atoms with E-state index < -0.39 is 24.5 Å². The predicted molar refractivity (Wildman–Crippen MR) is 121 cm³/mol. The second-order valence-electron chi connectivity index (χ2n) is 7.92. The molecule has 8 heteroatoms.